The van der Waals surface area contributed by atoms with Crippen molar-refractivity contribution in [2.75, 3.05) is 24.2 Å². The molecule has 0 aliphatic heterocycles. The van der Waals surface area contributed by atoms with Gasteiger partial charge >= 0.3 is 0 Å². The Bertz CT molecular complexity index is 306. The van der Waals surface area contributed by atoms with E-state index in [-0.39, 0.29) is 5.78 Å². The average molecular weight is 192 g/mol. The number of hydrogen-bond acceptors (Lipinski definition) is 3. The summed E-state index contributed by atoms with van der Waals surface area (Å²) in [7, 11) is 1.97. The van der Waals surface area contributed by atoms with E-state index in [0.717, 1.165) is 17.9 Å². The van der Waals surface area contributed by atoms with Crippen LogP contribution in [0.4, 0.5) is 11.4 Å². The molecule has 1 aromatic carbocycles. The van der Waals surface area contributed by atoms with E-state index in [0.29, 0.717) is 6.42 Å². The molecule has 14 heavy (non-hydrogen) atoms. The van der Waals surface area contributed by atoms with Crippen LogP contribution in [0.15, 0.2) is 24.3 Å². The lowest BCUT2D eigenvalue weighted by Crippen LogP contribution is -2.20. The Hall–Kier alpha value is -1.51. The van der Waals surface area contributed by atoms with E-state index in [1.807, 2.05) is 36.2 Å². The summed E-state index contributed by atoms with van der Waals surface area (Å²) in [6, 6.07) is 7.63. The molecule has 0 saturated carbocycles. The van der Waals surface area contributed by atoms with E-state index in [1.54, 1.807) is 6.92 Å². The van der Waals surface area contributed by atoms with Crippen LogP contribution in [0.5, 0.6) is 0 Å². The van der Waals surface area contributed by atoms with Gasteiger partial charge in [0.2, 0.25) is 0 Å². The van der Waals surface area contributed by atoms with E-state index in [2.05, 4.69) is 0 Å². The summed E-state index contributed by atoms with van der Waals surface area (Å²) in [5.41, 5.74) is 7.42. The van der Waals surface area contributed by atoms with Gasteiger partial charge in [-0.05, 0) is 31.2 Å². The average Bonchev–Trinajstić information content (AvgIpc) is 2.15. The largest absolute Gasteiger partial charge is 0.399 e. The Balaban J connectivity index is 2.56. The maximum Gasteiger partial charge on any atom is 0.131 e. The lowest BCUT2D eigenvalue weighted by atomic mass is 10.2. The highest BCUT2D eigenvalue weighted by molar-refractivity contribution is 5.76. The Morgan fingerprint density at radius 3 is 2.43 bits per heavy atom. The molecule has 1 rings (SSSR count). The summed E-state index contributed by atoms with van der Waals surface area (Å²) >= 11 is 0. The fourth-order valence-corrected chi connectivity index (χ4v) is 1.18. The zero-order chi connectivity index (χ0) is 10.6. The third kappa shape index (κ3) is 3.09. The quantitative estimate of drug-likeness (QED) is 0.738. The molecule has 0 spiro atoms. The molecule has 0 aliphatic rings. The second-order valence-electron chi connectivity index (χ2n) is 3.47. The predicted octanol–water partition coefficient (Wildman–Crippen LogP) is 1.68. The molecule has 0 bridgehead atoms. The minimum Gasteiger partial charge on any atom is -0.399 e. The summed E-state index contributed by atoms with van der Waals surface area (Å²) in [5, 5.41) is 0. The second-order valence-corrected chi connectivity index (χ2v) is 3.47. The SMILES string of the molecule is CC(=O)CCN(C)c1ccc(N)cc1. The van der Waals surface area contributed by atoms with Crippen LogP contribution in [0.2, 0.25) is 0 Å². The van der Waals surface area contributed by atoms with E-state index < -0.39 is 0 Å². The van der Waals surface area contributed by atoms with Crippen LogP contribution in [0.25, 0.3) is 0 Å². The van der Waals surface area contributed by atoms with Gasteiger partial charge in [-0.15, -0.1) is 0 Å². The first kappa shape index (κ1) is 10.6. The second kappa shape index (κ2) is 4.65. The highest BCUT2D eigenvalue weighted by atomic mass is 16.1. The van der Waals surface area contributed by atoms with Crippen LogP contribution >= 0.6 is 0 Å². The molecule has 0 saturated heterocycles. The van der Waals surface area contributed by atoms with Crippen LogP contribution < -0.4 is 10.6 Å². The number of anilines is 2. The number of hydrogen-bond donors (Lipinski definition) is 1. The van der Waals surface area contributed by atoms with Gasteiger partial charge in [0.15, 0.2) is 0 Å². The lowest BCUT2D eigenvalue weighted by molar-refractivity contribution is -0.116. The summed E-state index contributed by atoms with van der Waals surface area (Å²) in [5.74, 6) is 0.215. The van der Waals surface area contributed by atoms with Gasteiger partial charge in [0, 0.05) is 31.4 Å². The predicted molar refractivity (Wildman–Crippen MR) is 59.4 cm³/mol. The highest BCUT2D eigenvalue weighted by Crippen LogP contribution is 2.14. The molecule has 0 atom stereocenters. The Morgan fingerprint density at radius 1 is 1.36 bits per heavy atom. The van der Waals surface area contributed by atoms with Crippen molar-refractivity contribution in [2.45, 2.75) is 13.3 Å². The number of carbonyl (C=O) groups excluding carboxylic acids is 1. The Labute approximate surface area is 84.5 Å². The number of nitrogen functional groups attached to an aromatic ring is 1. The molecule has 0 heterocycles. The number of carbonyl (C=O) groups is 1. The third-order valence-electron chi connectivity index (χ3n) is 2.13. The van der Waals surface area contributed by atoms with Gasteiger partial charge in [-0.1, -0.05) is 0 Å². The van der Waals surface area contributed by atoms with Gasteiger partial charge in [-0.2, -0.15) is 0 Å². The Morgan fingerprint density at radius 2 is 1.93 bits per heavy atom. The monoisotopic (exact) mass is 192 g/mol. The van der Waals surface area contributed by atoms with Crippen molar-refractivity contribution in [3.63, 3.8) is 0 Å². The van der Waals surface area contributed by atoms with E-state index in [1.165, 1.54) is 0 Å². The lowest BCUT2D eigenvalue weighted by Gasteiger charge is -2.18. The highest BCUT2D eigenvalue weighted by Gasteiger charge is 2.01. The minimum atomic E-state index is 0.215. The molecule has 0 amide bonds. The van der Waals surface area contributed by atoms with Crippen molar-refractivity contribution < 1.29 is 4.79 Å². The van der Waals surface area contributed by atoms with Crippen molar-refractivity contribution in [1.82, 2.24) is 0 Å². The Kier molecular flexibility index (Phi) is 3.51. The van der Waals surface area contributed by atoms with Gasteiger partial charge in [0.25, 0.3) is 0 Å². The molecule has 3 nitrogen and oxygen atoms in total. The molecular formula is C11H16N2O. The van der Waals surface area contributed by atoms with Gasteiger partial charge in [-0.3, -0.25) is 4.79 Å². The summed E-state index contributed by atoms with van der Waals surface area (Å²) in [6.07, 6.45) is 0.584. The van der Waals surface area contributed by atoms with Crippen LogP contribution in [0.3, 0.4) is 0 Å². The maximum absolute atomic E-state index is 10.8. The molecule has 0 unspecified atom stereocenters. The van der Waals surface area contributed by atoms with Gasteiger partial charge < -0.3 is 10.6 Å². The van der Waals surface area contributed by atoms with Crippen LogP contribution in [-0.4, -0.2) is 19.4 Å². The summed E-state index contributed by atoms with van der Waals surface area (Å²) in [4.78, 5) is 12.8. The van der Waals surface area contributed by atoms with Crippen molar-refractivity contribution >= 4 is 17.2 Å². The van der Waals surface area contributed by atoms with Gasteiger partial charge in [0.1, 0.15) is 5.78 Å². The first-order valence-corrected chi connectivity index (χ1v) is 4.65. The molecule has 76 valence electrons. The van der Waals surface area contributed by atoms with E-state index in [4.69, 9.17) is 5.73 Å². The van der Waals surface area contributed by atoms with Crippen molar-refractivity contribution in [3.8, 4) is 0 Å². The number of nitrogens with two attached hydrogens (primary N) is 1. The molecule has 3 heteroatoms. The topological polar surface area (TPSA) is 46.3 Å². The third-order valence-corrected chi connectivity index (χ3v) is 2.13. The standard InChI is InChI=1S/C11H16N2O/c1-9(14)7-8-13(2)11-5-3-10(12)4-6-11/h3-6H,7-8,12H2,1-2H3. The van der Waals surface area contributed by atoms with E-state index in [9.17, 15) is 4.79 Å². The van der Waals surface area contributed by atoms with Crippen molar-refractivity contribution in [1.29, 1.82) is 0 Å². The van der Waals surface area contributed by atoms with Gasteiger partial charge in [-0.25, -0.2) is 0 Å². The first-order chi connectivity index (χ1) is 6.59. The van der Waals surface area contributed by atoms with Crippen molar-refractivity contribution in [3.05, 3.63) is 24.3 Å². The number of ketones is 1. The zero-order valence-corrected chi connectivity index (χ0v) is 8.66. The number of nitrogens with zero attached hydrogens (tertiary/aromatic N) is 1. The molecule has 1 aromatic rings. The smallest absolute Gasteiger partial charge is 0.131 e. The van der Waals surface area contributed by atoms with E-state index >= 15 is 0 Å². The number of rotatable bonds is 4. The van der Waals surface area contributed by atoms with Crippen LogP contribution in [0.1, 0.15) is 13.3 Å². The normalized spacial score (nSPS) is 9.86. The number of Topliss-reactive ketones (excluding diaryl/α,β-unsaturated/α-hetero) is 1. The number of benzene rings is 1. The molecule has 2 N–H and O–H groups in total. The summed E-state index contributed by atoms with van der Waals surface area (Å²) < 4.78 is 0. The fraction of sp³-hybridized carbons (Fsp3) is 0.364. The van der Waals surface area contributed by atoms with Crippen molar-refractivity contribution in [2.24, 2.45) is 0 Å². The fourth-order valence-electron chi connectivity index (χ4n) is 1.18. The molecule has 0 fully saturated rings. The van der Waals surface area contributed by atoms with Crippen LogP contribution in [-0.2, 0) is 4.79 Å². The molecule has 0 aliphatic carbocycles. The van der Waals surface area contributed by atoms with Crippen LogP contribution in [0, 0.1) is 0 Å². The first-order valence-electron chi connectivity index (χ1n) is 4.65. The molecule has 0 radical (unpaired) electrons. The minimum absolute atomic E-state index is 0.215. The maximum atomic E-state index is 10.8. The zero-order valence-electron chi connectivity index (χ0n) is 8.66. The van der Waals surface area contributed by atoms with Gasteiger partial charge in [0.05, 0.1) is 0 Å². The molecule has 0 aromatic heterocycles. The molecular weight excluding hydrogens is 176 g/mol. The summed E-state index contributed by atoms with van der Waals surface area (Å²) in [6.45, 7) is 2.36.